The van der Waals surface area contributed by atoms with Crippen molar-refractivity contribution in [2.24, 2.45) is 4.99 Å². The molecule has 2 aromatic carbocycles. The molecule has 170 valence electrons. The largest absolute Gasteiger partial charge is 0.393 e. The van der Waals surface area contributed by atoms with Crippen molar-refractivity contribution < 1.29 is 5.11 Å². The lowest BCUT2D eigenvalue weighted by molar-refractivity contribution is 0.0792. The minimum atomic E-state index is -0.129. The molecule has 1 aliphatic rings. The Labute approximate surface area is 212 Å². The first-order valence-electron chi connectivity index (χ1n) is 10.3. The van der Waals surface area contributed by atoms with Crippen LogP contribution in [0.25, 0.3) is 0 Å². The number of halogens is 3. The molecule has 1 atom stereocenters. The Balaban J connectivity index is 0.00000341. The zero-order valence-corrected chi connectivity index (χ0v) is 21.8. The van der Waals surface area contributed by atoms with E-state index >= 15 is 0 Å². The molecule has 5 nitrogen and oxygen atoms in total. The second-order valence-corrected chi connectivity index (χ2v) is 8.63. The quantitative estimate of drug-likeness (QED) is 0.257. The smallest absolute Gasteiger partial charge is 0.191 e. The molecule has 31 heavy (non-hydrogen) atoms. The van der Waals surface area contributed by atoms with Gasteiger partial charge in [0.15, 0.2) is 5.96 Å². The maximum absolute atomic E-state index is 9.64. The highest BCUT2D eigenvalue weighted by molar-refractivity contribution is 14.0. The Morgan fingerprint density at radius 1 is 1.13 bits per heavy atom. The van der Waals surface area contributed by atoms with E-state index in [9.17, 15) is 5.11 Å². The summed E-state index contributed by atoms with van der Waals surface area (Å²) in [6.45, 7) is 5.57. The number of hydrogen-bond acceptors (Lipinski definition) is 3. The van der Waals surface area contributed by atoms with Gasteiger partial charge in [-0.15, -0.1) is 24.0 Å². The Morgan fingerprint density at radius 2 is 1.77 bits per heavy atom. The number of piperidine rings is 1. The van der Waals surface area contributed by atoms with Crippen LogP contribution in [0.3, 0.4) is 0 Å². The summed E-state index contributed by atoms with van der Waals surface area (Å²) < 4.78 is 0. The van der Waals surface area contributed by atoms with Gasteiger partial charge in [0, 0.05) is 43.3 Å². The van der Waals surface area contributed by atoms with E-state index in [2.05, 4.69) is 44.8 Å². The summed E-state index contributed by atoms with van der Waals surface area (Å²) in [4.78, 5) is 6.71. The van der Waals surface area contributed by atoms with Gasteiger partial charge < -0.3 is 15.7 Å². The minimum absolute atomic E-state index is 0. The van der Waals surface area contributed by atoms with E-state index in [1.165, 1.54) is 11.1 Å². The van der Waals surface area contributed by atoms with Crippen molar-refractivity contribution in [3.8, 4) is 0 Å². The summed E-state index contributed by atoms with van der Waals surface area (Å²) in [5.41, 5.74) is 3.45. The van der Waals surface area contributed by atoms with Crippen molar-refractivity contribution in [2.75, 3.05) is 20.1 Å². The van der Waals surface area contributed by atoms with E-state index in [1.807, 2.05) is 19.1 Å². The second-order valence-electron chi connectivity index (χ2n) is 7.78. The molecule has 3 rings (SSSR count). The molecule has 0 bridgehead atoms. The summed E-state index contributed by atoms with van der Waals surface area (Å²) in [6, 6.07) is 14.2. The zero-order chi connectivity index (χ0) is 21.5. The van der Waals surface area contributed by atoms with Gasteiger partial charge in [-0.1, -0.05) is 53.5 Å². The van der Waals surface area contributed by atoms with Gasteiger partial charge in [-0.2, -0.15) is 0 Å². The summed E-state index contributed by atoms with van der Waals surface area (Å²) >= 11 is 12.3. The van der Waals surface area contributed by atoms with Crippen LogP contribution in [0.1, 0.15) is 42.5 Å². The van der Waals surface area contributed by atoms with Crippen LogP contribution in [-0.4, -0.2) is 42.2 Å². The lowest BCUT2D eigenvalue weighted by Gasteiger charge is -2.29. The molecule has 0 spiro atoms. The second kappa shape index (κ2) is 12.8. The molecule has 0 radical (unpaired) electrons. The van der Waals surface area contributed by atoms with Crippen LogP contribution < -0.4 is 10.6 Å². The Bertz CT molecular complexity index is 855. The van der Waals surface area contributed by atoms with Gasteiger partial charge in [-0.3, -0.25) is 9.89 Å². The average Bonchev–Trinajstić information content (AvgIpc) is 2.73. The lowest BCUT2D eigenvalue weighted by atomic mass is 10.1. The fraction of sp³-hybridized carbons (Fsp3) is 0.435. The zero-order valence-electron chi connectivity index (χ0n) is 17.9. The Hall–Kier alpha value is -1.06. The van der Waals surface area contributed by atoms with E-state index in [-0.39, 0.29) is 36.1 Å². The first-order chi connectivity index (χ1) is 14.4. The number of nitrogens with zero attached hydrogens (tertiary/aromatic N) is 2. The number of hydrogen-bond donors (Lipinski definition) is 3. The van der Waals surface area contributed by atoms with Gasteiger partial charge in [-0.05, 0) is 48.6 Å². The third-order valence-electron chi connectivity index (χ3n) is 5.45. The Kier molecular flexibility index (Phi) is 10.9. The van der Waals surface area contributed by atoms with E-state index in [0.29, 0.717) is 22.5 Å². The summed E-state index contributed by atoms with van der Waals surface area (Å²) in [5.74, 6) is 0.712. The fourth-order valence-corrected chi connectivity index (χ4v) is 4.19. The third kappa shape index (κ3) is 8.09. The van der Waals surface area contributed by atoms with Gasteiger partial charge in [-0.25, -0.2) is 0 Å². The van der Waals surface area contributed by atoms with E-state index in [1.54, 1.807) is 13.1 Å². The molecule has 1 unspecified atom stereocenters. The van der Waals surface area contributed by atoms with Gasteiger partial charge in [0.1, 0.15) is 0 Å². The van der Waals surface area contributed by atoms with Crippen molar-refractivity contribution in [3.05, 3.63) is 69.2 Å². The van der Waals surface area contributed by atoms with Crippen molar-refractivity contribution in [1.29, 1.82) is 0 Å². The molecule has 1 fully saturated rings. The molecule has 0 aliphatic carbocycles. The van der Waals surface area contributed by atoms with Crippen LogP contribution in [0.2, 0.25) is 10.0 Å². The van der Waals surface area contributed by atoms with E-state index in [4.69, 9.17) is 23.2 Å². The molecule has 2 aromatic rings. The number of aliphatic hydroxyl groups is 1. The van der Waals surface area contributed by atoms with Crippen LogP contribution in [0.5, 0.6) is 0 Å². The SMILES string of the molecule is CN=C(NCc1ccc(CN2CCC(O)CC2)cc1)NC(C)c1ccc(Cl)cc1Cl.I. The first-order valence-corrected chi connectivity index (χ1v) is 11.1. The number of benzene rings is 2. The first kappa shape index (κ1) is 26.2. The molecule has 8 heteroatoms. The van der Waals surface area contributed by atoms with Crippen molar-refractivity contribution in [1.82, 2.24) is 15.5 Å². The highest BCUT2D eigenvalue weighted by Gasteiger charge is 2.17. The number of aliphatic hydroxyl groups excluding tert-OH is 1. The van der Waals surface area contributed by atoms with Crippen LogP contribution in [-0.2, 0) is 13.1 Å². The normalized spacial score (nSPS) is 16.5. The summed E-state index contributed by atoms with van der Waals surface area (Å²) in [5, 5.41) is 17.6. The van der Waals surface area contributed by atoms with Gasteiger partial charge >= 0.3 is 0 Å². The monoisotopic (exact) mass is 576 g/mol. The molecule has 3 N–H and O–H groups in total. The van der Waals surface area contributed by atoms with Crippen LogP contribution in [0.15, 0.2) is 47.5 Å². The lowest BCUT2D eigenvalue weighted by Crippen LogP contribution is -2.38. The molecule has 1 heterocycles. The van der Waals surface area contributed by atoms with E-state index in [0.717, 1.165) is 38.0 Å². The maximum atomic E-state index is 9.64. The number of nitrogens with one attached hydrogen (secondary N) is 2. The molecule has 1 aliphatic heterocycles. The highest BCUT2D eigenvalue weighted by atomic mass is 127. The third-order valence-corrected chi connectivity index (χ3v) is 6.01. The average molecular weight is 577 g/mol. The molecular formula is C23H31Cl2IN4O. The number of rotatable bonds is 6. The van der Waals surface area contributed by atoms with Crippen molar-refractivity contribution in [2.45, 2.75) is 45.0 Å². The topological polar surface area (TPSA) is 59.9 Å². The van der Waals surface area contributed by atoms with Crippen molar-refractivity contribution in [3.63, 3.8) is 0 Å². The molecule has 1 saturated heterocycles. The number of guanidine groups is 1. The molecule has 0 aromatic heterocycles. The summed E-state index contributed by atoms with van der Waals surface area (Å²) in [6.07, 6.45) is 1.61. The predicted octanol–water partition coefficient (Wildman–Crippen LogP) is 4.99. The Morgan fingerprint density at radius 3 is 2.39 bits per heavy atom. The number of likely N-dealkylation sites (tertiary alicyclic amines) is 1. The van der Waals surface area contributed by atoms with Crippen LogP contribution >= 0.6 is 47.2 Å². The highest BCUT2D eigenvalue weighted by Crippen LogP contribution is 2.26. The molecular weight excluding hydrogens is 546 g/mol. The van der Waals surface area contributed by atoms with Gasteiger partial charge in [0.2, 0.25) is 0 Å². The standard InChI is InChI=1S/C23H30Cl2N4O.HI/c1-16(21-8-7-19(24)13-22(21)25)28-23(26-2)27-14-17-3-5-18(6-4-17)15-29-11-9-20(30)10-12-29;/h3-8,13,16,20,30H,9-12,14-15H2,1-2H3,(H2,26,27,28);1H. The number of aliphatic imine (C=N–C) groups is 1. The van der Waals surface area contributed by atoms with Crippen molar-refractivity contribution >= 4 is 53.1 Å². The maximum Gasteiger partial charge on any atom is 0.191 e. The minimum Gasteiger partial charge on any atom is -0.393 e. The van der Waals surface area contributed by atoms with Gasteiger partial charge in [0.05, 0.1) is 12.1 Å². The fourth-order valence-electron chi connectivity index (χ4n) is 3.61. The van der Waals surface area contributed by atoms with Gasteiger partial charge in [0.25, 0.3) is 0 Å². The van der Waals surface area contributed by atoms with E-state index < -0.39 is 0 Å². The van der Waals surface area contributed by atoms with Crippen LogP contribution in [0, 0.1) is 0 Å². The molecule has 0 amide bonds. The van der Waals surface area contributed by atoms with Crippen LogP contribution in [0.4, 0.5) is 0 Å². The predicted molar refractivity (Wildman–Crippen MR) is 141 cm³/mol. The summed E-state index contributed by atoms with van der Waals surface area (Å²) in [7, 11) is 1.75. The molecule has 0 saturated carbocycles.